The van der Waals surface area contributed by atoms with E-state index in [4.69, 9.17) is 5.73 Å². The van der Waals surface area contributed by atoms with Crippen molar-refractivity contribution in [1.82, 2.24) is 9.47 Å². The first kappa shape index (κ1) is 14.6. The third-order valence-electron chi connectivity index (χ3n) is 4.55. The number of fused-ring (bicyclic) bond motifs is 1. The second-order valence-corrected chi connectivity index (χ2v) is 6.20. The molecule has 0 spiro atoms. The Morgan fingerprint density at radius 2 is 1.95 bits per heavy atom. The van der Waals surface area contributed by atoms with Gasteiger partial charge in [0.25, 0.3) is 5.91 Å². The molecule has 3 rings (SSSR count). The van der Waals surface area contributed by atoms with Crippen LogP contribution in [0.1, 0.15) is 30.1 Å². The number of likely N-dealkylation sites (tertiary alicyclic amines) is 1. The minimum absolute atomic E-state index is 0.183. The summed E-state index contributed by atoms with van der Waals surface area (Å²) in [7, 11) is 1.83. The normalized spacial score (nSPS) is 16.2. The van der Waals surface area contributed by atoms with E-state index in [0.29, 0.717) is 30.1 Å². The molecule has 1 aliphatic rings. The summed E-state index contributed by atoms with van der Waals surface area (Å²) in [5.74, 6) is 0.455. The van der Waals surface area contributed by atoms with Gasteiger partial charge in [-0.05, 0) is 30.9 Å². The highest BCUT2D eigenvalue weighted by atomic mass is 16.2. The molecule has 5 heteroatoms. The van der Waals surface area contributed by atoms with Crippen LogP contribution in [0.5, 0.6) is 0 Å². The van der Waals surface area contributed by atoms with Crippen LogP contribution in [-0.4, -0.2) is 28.5 Å². The Kier molecular flexibility index (Phi) is 3.64. The molecule has 0 atom stereocenters. The van der Waals surface area contributed by atoms with E-state index < -0.39 is 0 Å². The largest absolute Gasteiger partial charge is 0.398 e. The average Bonchev–Trinajstić information content (AvgIpc) is 2.51. The number of piperidine rings is 1. The zero-order valence-corrected chi connectivity index (χ0v) is 13.0. The molecule has 1 saturated heterocycles. The summed E-state index contributed by atoms with van der Waals surface area (Å²) < 4.78 is 1.80. The van der Waals surface area contributed by atoms with Gasteiger partial charge in [0.1, 0.15) is 5.56 Å². The maximum absolute atomic E-state index is 12.7. The summed E-state index contributed by atoms with van der Waals surface area (Å²) in [5, 5.41) is 0.432. The van der Waals surface area contributed by atoms with Gasteiger partial charge < -0.3 is 15.2 Å². The number of aromatic nitrogens is 1. The van der Waals surface area contributed by atoms with Crippen LogP contribution in [0.25, 0.3) is 10.9 Å². The summed E-state index contributed by atoms with van der Waals surface area (Å²) in [4.78, 5) is 27.2. The number of rotatable bonds is 1. The maximum atomic E-state index is 12.7. The van der Waals surface area contributed by atoms with E-state index in [1.54, 1.807) is 21.7 Å². The molecule has 5 nitrogen and oxygen atoms in total. The van der Waals surface area contributed by atoms with Crippen molar-refractivity contribution >= 4 is 22.5 Å². The van der Waals surface area contributed by atoms with Gasteiger partial charge in [0.15, 0.2) is 0 Å². The maximum Gasteiger partial charge on any atom is 0.259 e. The van der Waals surface area contributed by atoms with Crippen LogP contribution in [0.3, 0.4) is 0 Å². The molecular formula is C17H21N3O2. The predicted octanol–water partition coefficient (Wildman–Crippen LogP) is 1.99. The van der Waals surface area contributed by atoms with Crippen molar-refractivity contribution in [3.63, 3.8) is 0 Å². The van der Waals surface area contributed by atoms with E-state index in [1.807, 2.05) is 19.2 Å². The molecule has 1 amide bonds. The highest BCUT2D eigenvalue weighted by Crippen LogP contribution is 2.20. The number of nitrogens with two attached hydrogens (primary N) is 1. The molecule has 0 unspecified atom stereocenters. The van der Waals surface area contributed by atoms with E-state index >= 15 is 0 Å². The highest BCUT2D eigenvalue weighted by molar-refractivity contribution is 6.00. The molecule has 1 aliphatic heterocycles. The third kappa shape index (κ3) is 2.36. The Morgan fingerprint density at radius 1 is 1.27 bits per heavy atom. The second kappa shape index (κ2) is 5.48. The molecule has 1 fully saturated rings. The zero-order chi connectivity index (χ0) is 15.9. The van der Waals surface area contributed by atoms with Crippen LogP contribution in [0, 0.1) is 5.92 Å². The molecular weight excluding hydrogens is 278 g/mol. The van der Waals surface area contributed by atoms with Gasteiger partial charge in [-0.15, -0.1) is 0 Å². The molecule has 2 heterocycles. The van der Waals surface area contributed by atoms with Crippen LogP contribution >= 0.6 is 0 Å². The summed E-state index contributed by atoms with van der Waals surface area (Å²) in [6.07, 6.45) is 3.61. The van der Waals surface area contributed by atoms with Crippen LogP contribution in [0.2, 0.25) is 0 Å². The number of nitrogen functional groups attached to an aromatic ring is 1. The minimum atomic E-state index is -0.269. The number of carbonyl (C=O) groups excluding carboxylic acids is 1. The van der Waals surface area contributed by atoms with E-state index in [2.05, 4.69) is 6.92 Å². The fraction of sp³-hybridized carbons (Fsp3) is 0.412. The van der Waals surface area contributed by atoms with Crippen molar-refractivity contribution in [3.05, 3.63) is 40.2 Å². The van der Waals surface area contributed by atoms with E-state index in [-0.39, 0.29) is 16.9 Å². The van der Waals surface area contributed by atoms with Gasteiger partial charge >= 0.3 is 0 Å². The van der Waals surface area contributed by atoms with Crippen molar-refractivity contribution in [2.45, 2.75) is 19.8 Å². The van der Waals surface area contributed by atoms with Crippen molar-refractivity contribution in [1.29, 1.82) is 0 Å². The molecule has 2 aromatic rings. The lowest BCUT2D eigenvalue weighted by Gasteiger charge is -2.30. The summed E-state index contributed by atoms with van der Waals surface area (Å²) in [5.41, 5.74) is 7.06. The van der Waals surface area contributed by atoms with Crippen LogP contribution < -0.4 is 11.2 Å². The fourth-order valence-electron chi connectivity index (χ4n) is 3.09. The van der Waals surface area contributed by atoms with Crippen LogP contribution in [-0.2, 0) is 7.05 Å². The predicted molar refractivity (Wildman–Crippen MR) is 87.9 cm³/mol. The fourth-order valence-corrected chi connectivity index (χ4v) is 3.09. The average molecular weight is 299 g/mol. The SMILES string of the molecule is CC1CCN(C(=O)c2cn(C)c3cccc(N)c3c2=O)CC1. The van der Waals surface area contributed by atoms with Crippen molar-refractivity contribution in [2.75, 3.05) is 18.8 Å². The number of anilines is 1. The number of hydrogen-bond acceptors (Lipinski definition) is 3. The first-order chi connectivity index (χ1) is 10.5. The number of hydrogen-bond donors (Lipinski definition) is 1. The number of nitrogens with zero attached hydrogens (tertiary/aromatic N) is 2. The van der Waals surface area contributed by atoms with Gasteiger partial charge in [-0.2, -0.15) is 0 Å². The van der Waals surface area contributed by atoms with Gasteiger partial charge in [0, 0.05) is 32.0 Å². The third-order valence-corrected chi connectivity index (χ3v) is 4.55. The molecule has 0 aliphatic carbocycles. The lowest BCUT2D eigenvalue weighted by Crippen LogP contribution is -2.40. The number of pyridine rings is 1. The molecule has 116 valence electrons. The van der Waals surface area contributed by atoms with Gasteiger partial charge in [-0.3, -0.25) is 9.59 Å². The topological polar surface area (TPSA) is 68.3 Å². The molecule has 0 radical (unpaired) electrons. The van der Waals surface area contributed by atoms with Gasteiger partial charge in [-0.1, -0.05) is 13.0 Å². The van der Waals surface area contributed by atoms with Crippen molar-refractivity contribution in [3.8, 4) is 0 Å². The number of amides is 1. The molecule has 1 aromatic heterocycles. The van der Waals surface area contributed by atoms with E-state index in [1.165, 1.54) is 0 Å². The van der Waals surface area contributed by atoms with Crippen molar-refractivity contribution < 1.29 is 4.79 Å². The molecule has 22 heavy (non-hydrogen) atoms. The molecule has 0 saturated carbocycles. The number of carbonyl (C=O) groups is 1. The molecule has 2 N–H and O–H groups in total. The van der Waals surface area contributed by atoms with E-state index in [9.17, 15) is 9.59 Å². The molecule has 1 aromatic carbocycles. The Hall–Kier alpha value is -2.30. The minimum Gasteiger partial charge on any atom is -0.398 e. The standard InChI is InChI=1S/C17H21N3O2/c1-11-6-8-20(9-7-11)17(22)12-10-19(2)14-5-3-4-13(18)15(14)16(12)21/h3-5,10-11H,6-9,18H2,1-2H3. The Morgan fingerprint density at radius 3 is 2.64 bits per heavy atom. The smallest absolute Gasteiger partial charge is 0.259 e. The van der Waals surface area contributed by atoms with Gasteiger partial charge in [0.05, 0.1) is 10.9 Å². The Labute approximate surface area is 129 Å². The Bertz CT molecular complexity index is 786. The number of aryl methyl sites for hydroxylation is 1. The van der Waals surface area contributed by atoms with Crippen LogP contribution in [0.15, 0.2) is 29.2 Å². The quantitative estimate of drug-likeness (QED) is 0.819. The van der Waals surface area contributed by atoms with Gasteiger partial charge in [0.2, 0.25) is 5.43 Å². The summed E-state index contributed by atoms with van der Waals surface area (Å²) in [6, 6.07) is 5.34. The monoisotopic (exact) mass is 299 g/mol. The molecule has 0 bridgehead atoms. The highest BCUT2D eigenvalue weighted by Gasteiger charge is 2.24. The number of benzene rings is 1. The zero-order valence-electron chi connectivity index (χ0n) is 13.0. The summed E-state index contributed by atoms with van der Waals surface area (Å²) >= 11 is 0. The first-order valence-electron chi connectivity index (χ1n) is 7.66. The second-order valence-electron chi connectivity index (χ2n) is 6.20. The van der Waals surface area contributed by atoms with Crippen LogP contribution in [0.4, 0.5) is 5.69 Å². The first-order valence-corrected chi connectivity index (χ1v) is 7.66. The van der Waals surface area contributed by atoms with Gasteiger partial charge in [-0.25, -0.2) is 0 Å². The lowest BCUT2D eigenvalue weighted by molar-refractivity contribution is 0.0695. The van der Waals surface area contributed by atoms with Crippen molar-refractivity contribution in [2.24, 2.45) is 13.0 Å². The van der Waals surface area contributed by atoms with E-state index in [0.717, 1.165) is 18.4 Å². The summed E-state index contributed by atoms with van der Waals surface area (Å²) in [6.45, 7) is 3.62. The lowest BCUT2D eigenvalue weighted by atomic mass is 9.98. The Balaban J connectivity index is 2.08.